The highest BCUT2D eigenvalue weighted by atomic mass is 35.5. The number of hydrogen-bond acceptors (Lipinski definition) is 3. The van der Waals surface area contributed by atoms with E-state index in [1.165, 1.54) is 0 Å². The summed E-state index contributed by atoms with van der Waals surface area (Å²) >= 11 is 6.09. The molecular weight excluding hydrogens is 342 g/mol. The molecule has 3 amide bonds. The van der Waals surface area contributed by atoms with Crippen molar-refractivity contribution in [1.82, 2.24) is 9.80 Å². The van der Waals surface area contributed by atoms with Crippen LogP contribution >= 0.6 is 11.6 Å². The summed E-state index contributed by atoms with van der Waals surface area (Å²) in [5.41, 5.74) is 6.22. The number of hydrogen-bond donors (Lipinski definition) is 1. The Kier molecular flexibility index (Phi) is 4.99. The van der Waals surface area contributed by atoms with Gasteiger partial charge in [0.05, 0.1) is 12.0 Å². The quantitative estimate of drug-likeness (QED) is 0.885. The third kappa shape index (κ3) is 3.49. The number of piperidine rings is 1. The highest BCUT2D eigenvalue weighted by Gasteiger charge is 2.44. The highest BCUT2D eigenvalue weighted by Crippen LogP contribution is 2.39. The summed E-state index contributed by atoms with van der Waals surface area (Å²) in [7, 11) is 1.72. The van der Waals surface area contributed by atoms with E-state index < -0.39 is 5.92 Å². The van der Waals surface area contributed by atoms with E-state index in [0.29, 0.717) is 31.0 Å². The number of benzene rings is 1. The lowest BCUT2D eigenvalue weighted by molar-refractivity contribution is -0.139. The Morgan fingerprint density at radius 1 is 1.24 bits per heavy atom. The van der Waals surface area contributed by atoms with Crippen molar-refractivity contribution in [3.05, 3.63) is 34.9 Å². The molecule has 3 rings (SSSR count). The van der Waals surface area contributed by atoms with Gasteiger partial charge in [0.2, 0.25) is 17.7 Å². The Morgan fingerprint density at radius 3 is 2.52 bits per heavy atom. The molecule has 0 aromatic heterocycles. The molecule has 2 heterocycles. The first-order valence-corrected chi connectivity index (χ1v) is 8.85. The van der Waals surface area contributed by atoms with Gasteiger partial charge in [-0.3, -0.25) is 14.4 Å². The Hall–Kier alpha value is -2.08. The van der Waals surface area contributed by atoms with Gasteiger partial charge in [-0.25, -0.2) is 0 Å². The molecule has 0 saturated carbocycles. The van der Waals surface area contributed by atoms with Crippen LogP contribution in [0.5, 0.6) is 0 Å². The van der Waals surface area contributed by atoms with E-state index in [-0.39, 0.29) is 36.1 Å². The van der Waals surface area contributed by atoms with Crippen LogP contribution in [0.2, 0.25) is 5.02 Å². The van der Waals surface area contributed by atoms with E-state index in [0.717, 1.165) is 5.56 Å². The first-order chi connectivity index (χ1) is 11.9. The predicted molar refractivity (Wildman–Crippen MR) is 93.6 cm³/mol. The molecule has 25 heavy (non-hydrogen) atoms. The minimum absolute atomic E-state index is 0.0365. The van der Waals surface area contributed by atoms with Gasteiger partial charge < -0.3 is 15.5 Å². The molecule has 0 bridgehead atoms. The minimum Gasteiger partial charge on any atom is -0.369 e. The van der Waals surface area contributed by atoms with E-state index in [1.807, 2.05) is 12.1 Å². The summed E-state index contributed by atoms with van der Waals surface area (Å²) in [4.78, 5) is 40.0. The fourth-order valence-corrected chi connectivity index (χ4v) is 4.06. The second kappa shape index (κ2) is 7.04. The maximum atomic E-state index is 13.0. The summed E-state index contributed by atoms with van der Waals surface area (Å²) in [5, 5.41) is 0.582. The van der Waals surface area contributed by atoms with Crippen molar-refractivity contribution in [1.29, 1.82) is 0 Å². The molecule has 134 valence electrons. The average Bonchev–Trinajstić information content (AvgIpc) is 2.89. The molecular formula is C18H22ClN3O3. The van der Waals surface area contributed by atoms with Crippen molar-refractivity contribution in [3.8, 4) is 0 Å². The summed E-state index contributed by atoms with van der Waals surface area (Å²) in [6.07, 6.45) is 1.36. The van der Waals surface area contributed by atoms with Crippen LogP contribution in [0.15, 0.2) is 24.3 Å². The van der Waals surface area contributed by atoms with Crippen molar-refractivity contribution >= 4 is 29.3 Å². The zero-order valence-corrected chi connectivity index (χ0v) is 14.9. The molecule has 2 aliphatic rings. The smallest absolute Gasteiger partial charge is 0.228 e. The van der Waals surface area contributed by atoms with Crippen LogP contribution in [0.3, 0.4) is 0 Å². The zero-order valence-electron chi connectivity index (χ0n) is 14.2. The molecule has 2 fully saturated rings. The van der Waals surface area contributed by atoms with E-state index in [2.05, 4.69) is 0 Å². The van der Waals surface area contributed by atoms with Crippen LogP contribution in [0.25, 0.3) is 0 Å². The molecule has 2 atom stereocenters. The fraction of sp³-hybridized carbons (Fsp3) is 0.500. The maximum Gasteiger partial charge on any atom is 0.228 e. The van der Waals surface area contributed by atoms with Crippen LogP contribution in [-0.2, 0) is 14.4 Å². The van der Waals surface area contributed by atoms with Gasteiger partial charge in [-0.1, -0.05) is 23.7 Å². The Morgan fingerprint density at radius 2 is 1.92 bits per heavy atom. The van der Waals surface area contributed by atoms with E-state index in [9.17, 15) is 14.4 Å². The van der Waals surface area contributed by atoms with Crippen molar-refractivity contribution in [3.63, 3.8) is 0 Å². The Balaban J connectivity index is 1.79. The monoisotopic (exact) mass is 363 g/mol. The maximum absolute atomic E-state index is 13.0. The largest absolute Gasteiger partial charge is 0.369 e. The van der Waals surface area contributed by atoms with Crippen LogP contribution in [0, 0.1) is 11.8 Å². The number of amides is 3. The third-order valence-electron chi connectivity index (χ3n) is 5.30. The standard InChI is InChI=1S/C18H22ClN3O3/c1-21-15(23)10-14(16(21)12-3-2-4-13(19)9-12)18(25)22-7-5-11(6-8-22)17(20)24/h2-4,9,11,14,16H,5-8,10H2,1H3,(H2,20,24). The molecule has 6 nitrogen and oxygen atoms in total. The number of nitrogens with two attached hydrogens (primary N) is 1. The number of likely N-dealkylation sites (tertiary alicyclic amines) is 2. The molecule has 2 unspecified atom stereocenters. The molecule has 0 radical (unpaired) electrons. The molecule has 0 spiro atoms. The molecule has 2 saturated heterocycles. The van der Waals surface area contributed by atoms with E-state index in [1.54, 1.807) is 29.0 Å². The first-order valence-electron chi connectivity index (χ1n) is 8.47. The minimum atomic E-state index is -0.430. The average molecular weight is 364 g/mol. The van der Waals surface area contributed by atoms with Gasteiger partial charge in [0, 0.05) is 37.5 Å². The van der Waals surface area contributed by atoms with Gasteiger partial charge in [0.25, 0.3) is 0 Å². The molecule has 0 aliphatic carbocycles. The fourth-order valence-electron chi connectivity index (χ4n) is 3.86. The SMILES string of the molecule is CN1C(=O)CC(C(=O)N2CCC(C(N)=O)CC2)C1c1cccc(Cl)c1. The molecule has 1 aromatic carbocycles. The van der Waals surface area contributed by atoms with Crippen molar-refractivity contribution < 1.29 is 14.4 Å². The zero-order chi connectivity index (χ0) is 18.1. The number of carbonyl (C=O) groups is 3. The van der Waals surface area contributed by atoms with Crippen LogP contribution < -0.4 is 5.73 Å². The Labute approximate surface area is 151 Å². The summed E-state index contributed by atoms with van der Waals surface area (Å²) < 4.78 is 0. The van der Waals surface area contributed by atoms with E-state index >= 15 is 0 Å². The lowest BCUT2D eigenvalue weighted by Crippen LogP contribution is -2.45. The van der Waals surface area contributed by atoms with Crippen molar-refractivity contribution in [2.75, 3.05) is 20.1 Å². The van der Waals surface area contributed by atoms with Gasteiger partial charge in [0.1, 0.15) is 0 Å². The topological polar surface area (TPSA) is 83.7 Å². The van der Waals surface area contributed by atoms with Crippen LogP contribution in [-0.4, -0.2) is 47.7 Å². The van der Waals surface area contributed by atoms with Gasteiger partial charge in [-0.2, -0.15) is 0 Å². The second-order valence-corrected chi connectivity index (χ2v) is 7.25. The van der Waals surface area contributed by atoms with Gasteiger partial charge >= 0.3 is 0 Å². The second-order valence-electron chi connectivity index (χ2n) is 6.82. The first kappa shape index (κ1) is 17.7. The lowest BCUT2D eigenvalue weighted by Gasteiger charge is -2.34. The molecule has 7 heteroatoms. The van der Waals surface area contributed by atoms with E-state index in [4.69, 9.17) is 17.3 Å². The number of carbonyl (C=O) groups excluding carboxylic acids is 3. The molecule has 1 aromatic rings. The summed E-state index contributed by atoms with van der Waals surface area (Å²) in [5.74, 6) is -0.984. The summed E-state index contributed by atoms with van der Waals surface area (Å²) in [6, 6.07) is 6.99. The van der Waals surface area contributed by atoms with Gasteiger partial charge in [-0.15, -0.1) is 0 Å². The van der Waals surface area contributed by atoms with Crippen molar-refractivity contribution in [2.45, 2.75) is 25.3 Å². The summed E-state index contributed by atoms with van der Waals surface area (Å²) in [6.45, 7) is 1.01. The number of primary amides is 1. The van der Waals surface area contributed by atoms with Crippen molar-refractivity contribution in [2.24, 2.45) is 17.6 Å². The molecule has 2 N–H and O–H groups in total. The Bertz CT molecular complexity index is 701. The lowest BCUT2D eigenvalue weighted by atomic mass is 9.90. The number of halogens is 1. The predicted octanol–water partition coefficient (Wildman–Crippen LogP) is 1.58. The number of nitrogens with zero attached hydrogens (tertiary/aromatic N) is 2. The highest BCUT2D eigenvalue weighted by molar-refractivity contribution is 6.30. The van der Waals surface area contributed by atoms with Crippen LogP contribution in [0.4, 0.5) is 0 Å². The number of rotatable bonds is 3. The normalized spacial score (nSPS) is 24.6. The third-order valence-corrected chi connectivity index (χ3v) is 5.54. The molecule has 2 aliphatic heterocycles. The van der Waals surface area contributed by atoms with Crippen LogP contribution in [0.1, 0.15) is 30.9 Å². The van der Waals surface area contributed by atoms with Gasteiger partial charge in [-0.05, 0) is 30.5 Å². The van der Waals surface area contributed by atoms with Gasteiger partial charge in [0.15, 0.2) is 0 Å².